The Hall–Kier alpha value is -7.32. The lowest BCUT2D eigenvalue weighted by Crippen LogP contribution is -2.39. The first-order valence-electron chi connectivity index (χ1n) is 29.3. The highest BCUT2D eigenvalue weighted by Crippen LogP contribution is 2.39. The van der Waals surface area contributed by atoms with Gasteiger partial charge in [0.1, 0.15) is 58.0 Å². The summed E-state index contributed by atoms with van der Waals surface area (Å²) >= 11 is 0. The third kappa shape index (κ3) is 22.9. The van der Waals surface area contributed by atoms with E-state index in [1.807, 2.05) is 0 Å². The molecule has 492 valence electrons. The summed E-state index contributed by atoms with van der Waals surface area (Å²) in [6.07, 6.45) is 1.11. The van der Waals surface area contributed by atoms with Crippen molar-refractivity contribution in [1.82, 2.24) is 0 Å². The predicted molar refractivity (Wildman–Crippen MR) is 334 cm³/mol. The minimum atomic E-state index is -1.47. The molecule has 2 aliphatic heterocycles. The van der Waals surface area contributed by atoms with Crippen LogP contribution in [-0.2, 0) is 42.6 Å². The molecule has 0 saturated carbocycles. The number of hydrogen-bond donors (Lipinski definition) is 3. The number of aliphatic hydroxyl groups is 2. The molecule has 0 bridgehead atoms. The molecule has 2 fully saturated rings. The average molecular weight is 1280 g/mol. The van der Waals surface area contributed by atoms with Gasteiger partial charge in [0, 0.05) is 34.4 Å². The van der Waals surface area contributed by atoms with Gasteiger partial charge in [0.2, 0.25) is 0 Å². The zero-order valence-corrected chi connectivity index (χ0v) is 54.4. The van der Waals surface area contributed by atoms with Crippen molar-refractivity contribution in [3.8, 4) is 23.0 Å². The second-order valence-corrected chi connectivity index (χ2v) is 28.9. The molecule has 90 heavy (non-hydrogen) atoms. The summed E-state index contributed by atoms with van der Waals surface area (Å²) in [7, 11) is 4.37. The van der Waals surface area contributed by atoms with Crippen LogP contribution in [0.5, 0.6) is 23.0 Å². The lowest BCUT2D eigenvalue weighted by molar-refractivity contribution is -0.154. The third-order valence-corrected chi connectivity index (χ3v) is 15.3. The SMILES string of the molecule is COCOc1cc(OC)cc(/C=C/C[C@@H]2OC(C)(C)OC2C(OC(=O)c2ccccc2)/C(F)=C\CC(C)O)c1C(=O)O.COCOc1cc(OC)cc(/C=C/C[C@@H]2OC(C)(C)OC2C(OC(=O)c2ccccc2)/C(F)=C\CC(C)O)c1C(=O)OCC[Si](C)(C)C. The number of hydrogen-bond acceptors (Lipinski definition) is 19. The van der Waals surface area contributed by atoms with E-state index in [1.54, 1.807) is 125 Å². The molecule has 0 aromatic heterocycles. The molecule has 8 atom stereocenters. The maximum absolute atomic E-state index is 15.7. The second kappa shape index (κ2) is 34.8. The number of esters is 3. The van der Waals surface area contributed by atoms with E-state index in [0.29, 0.717) is 17.1 Å². The van der Waals surface area contributed by atoms with Crippen LogP contribution in [0.15, 0.2) is 121 Å². The van der Waals surface area contributed by atoms with Crippen LogP contribution in [-0.4, -0.2) is 156 Å². The van der Waals surface area contributed by atoms with Gasteiger partial charge in [0.15, 0.2) is 37.4 Å². The van der Waals surface area contributed by atoms with Crippen LogP contribution in [0.1, 0.15) is 120 Å². The number of carbonyl (C=O) groups excluding carboxylic acids is 3. The number of benzene rings is 4. The van der Waals surface area contributed by atoms with Crippen LogP contribution < -0.4 is 18.9 Å². The first kappa shape index (κ1) is 73.4. The fourth-order valence-electron chi connectivity index (χ4n) is 9.30. The Morgan fingerprint density at radius 3 is 1.37 bits per heavy atom. The summed E-state index contributed by atoms with van der Waals surface area (Å²) in [5.74, 6) is -6.01. The van der Waals surface area contributed by atoms with Gasteiger partial charge in [-0.15, -0.1) is 0 Å². The summed E-state index contributed by atoms with van der Waals surface area (Å²) in [4.78, 5) is 51.5. The summed E-state index contributed by atoms with van der Waals surface area (Å²) in [5, 5.41) is 29.3. The fourth-order valence-corrected chi connectivity index (χ4v) is 10.0. The van der Waals surface area contributed by atoms with Crippen molar-refractivity contribution >= 4 is 44.1 Å². The molecule has 0 amide bonds. The number of aliphatic hydroxyl groups excluding tert-OH is 2. The highest BCUT2D eigenvalue weighted by Gasteiger charge is 2.49. The molecule has 6 unspecified atom stereocenters. The van der Waals surface area contributed by atoms with Crippen molar-refractivity contribution < 1.29 is 105 Å². The number of methoxy groups -OCH3 is 4. The predicted octanol–water partition coefficient (Wildman–Crippen LogP) is 12.1. The molecule has 0 aliphatic carbocycles. The fraction of sp³-hybridized carbons (Fsp3) is 0.463. The van der Waals surface area contributed by atoms with Crippen LogP contribution in [0.4, 0.5) is 8.78 Å². The van der Waals surface area contributed by atoms with Crippen molar-refractivity contribution in [2.45, 2.75) is 153 Å². The third-order valence-electron chi connectivity index (χ3n) is 13.6. The molecule has 2 aliphatic rings. The number of ether oxygens (including phenoxy) is 13. The smallest absolute Gasteiger partial charge is 0.342 e. The van der Waals surface area contributed by atoms with Gasteiger partial charge < -0.3 is 76.9 Å². The molecular weight excluding hydrogens is 1190 g/mol. The summed E-state index contributed by atoms with van der Waals surface area (Å²) in [5.41, 5.74) is 1.31. The number of carboxylic acids is 1. The Labute approximate surface area is 526 Å². The van der Waals surface area contributed by atoms with Crippen LogP contribution in [0.25, 0.3) is 12.2 Å². The molecule has 4 aromatic rings. The summed E-state index contributed by atoms with van der Waals surface area (Å²) in [6, 6.07) is 23.4. The van der Waals surface area contributed by atoms with Gasteiger partial charge in [-0.05, 0) is 133 Å². The molecule has 3 N–H and O–H groups in total. The van der Waals surface area contributed by atoms with Crippen LogP contribution in [0, 0.1) is 0 Å². The van der Waals surface area contributed by atoms with Crippen LogP contribution >= 0.6 is 0 Å². The lowest BCUT2D eigenvalue weighted by atomic mass is 10.0. The molecule has 4 aromatic carbocycles. The van der Waals surface area contributed by atoms with Gasteiger partial charge in [0.25, 0.3) is 0 Å². The zero-order valence-electron chi connectivity index (χ0n) is 53.4. The highest BCUT2D eigenvalue weighted by molar-refractivity contribution is 6.76. The summed E-state index contributed by atoms with van der Waals surface area (Å²) < 4.78 is 105. The topological polar surface area (TPSA) is 249 Å². The van der Waals surface area contributed by atoms with E-state index in [-0.39, 0.29) is 85.2 Å². The van der Waals surface area contributed by atoms with Gasteiger partial charge in [-0.25, -0.2) is 28.0 Å². The van der Waals surface area contributed by atoms with Crippen LogP contribution in [0.3, 0.4) is 0 Å². The number of rotatable bonds is 31. The minimum absolute atomic E-state index is 0.00591. The van der Waals surface area contributed by atoms with E-state index in [0.717, 1.165) is 12.1 Å². The summed E-state index contributed by atoms with van der Waals surface area (Å²) in [6.45, 7) is 16.3. The number of aromatic carboxylic acids is 1. The van der Waals surface area contributed by atoms with Crippen molar-refractivity contribution in [2.75, 3.05) is 48.6 Å². The van der Waals surface area contributed by atoms with E-state index >= 15 is 8.78 Å². The lowest BCUT2D eigenvalue weighted by Gasteiger charge is -2.25. The van der Waals surface area contributed by atoms with E-state index < -0.39 is 104 Å². The molecule has 2 heterocycles. The largest absolute Gasteiger partial charge is 0.497 e. The maximum Gasteiger partial charge on any atom is 0.342 e. The molecular formula is C67H86F2O20Si. The standard InChI is InChI=1S/C36H49FO10Si.C31H37FO10/c1-24(38)17-18-28(37)32(45-34(39)25-13-10-9-11-14-25)33-29(46-36(2,3)47-33)16-12-15-26-21-27(42-5)22-30(44-23-41-4)31(26)35(40)43-19-20-48(6,7)8;1-19(33)14-15-23(32)27(40-30(36)20-10-7-6-8-11-20)28-24(41-31(2,3)42-28)13-9-12-21-16-22(38-5)17-25(39-18-37-4)26(21)29(34)35/h9-15,18,21-22,24,29,32-33,38H,16-17,19-20,23H2,1-8H3;6-12,15-17,19,24,27-28,33H,13-14,18H2,1-5H3,(H,34,35)/b15-12+,28-18+;12-9+,23-15+/t24?,29-,32?,33?;19?,24-,27?,28?/m00/s1. The van der Waals surface area contributed by atoms with E-state index in [9.17, 15) is 34.5 Å². The zero-order chi connectivity index (χ0) is 66.3. The van der Waals surface area contributed by atoms with E-state index in [1.165, 1.54) is 60.5 Å². The van der Waals surface area contributed by atoms with Gasteiger partial charge in [-0.2, -0.15) is 0 Å². The highest BCUT2D eigenvalue weighted by atomic mass is 28.3. The average Bonchev–Trinajstić information content (AvgIpc) is 1.54. The van der Waals surface area contributed by atoms with Crippen molar-refractivity contribution in [2.24, 2.45) is 0 Å². The molecule has 6 rings (SSSR count). The normalized spacial score (nSPS) is 19.5. The maximum atomic E-state index is 15.7. The number of halogens is 2. The Morgan fingerprint density at radius 1 is 0.600 bits per heavy atom. The van der Waals surface area contributed by atoms with Crippen molar-refractivity contribution in [3.05, 3.63) is 154 Å². The molecule has 2 saturated heterocycles. The monoisotopic (exact) mass is 1280 g/mol. The molecule has 23 heteroatoms. The van der Waals surface area contributed by atoms with Gasteiger partial charge in [0.05, 0.1) is 56.4 Å². The van der Waals surface area contributed by atoms with Gasteiger partial charge >= 0.3 is 23.9 Å². The van der Waals surface area contributed by atoms with Crippen molar-refractivity contribution in [1.29, 1.82) is 0 Å². The quantitative estimate of drug-likeness (QED) is 0.0183. The Bertz CT molecular complexity index is 3100. The number of carbonyl (C=O) groups is 4. The van der Waals surface area contributed by atoms with E-state index in [4.69, 9.17) is 61.6 Å². The Kier molecular flexibility index (Phi) is 28.4. The molecule has 20 nitrogen and oxygen atoms in total. The van der Waals surface area contributed by atoms with Gasteiger partial charge in [-0.1, -0.05) is 80.3 Å². The van der Waals surface area contributed by atoms with Crippen LogP contribution in [0.2, 0.25) is 25.7 Å². The molecule has 0 spiro atoms. The number of carboxylic acid groups (broad SMARTS) is 1. The first-order valence-corrected chi connectivity index (χ1v) is 33.0. The molecule has 0 radical (unpaired) electrons. The van der Waals surface area contributed by atoms with Crippen molar-refractivity contribution in [3.63, 3.8) is 0 Å². The Morgan fingerprint density at radius 2 is 1.00 bits per heavy atom. The second-order valence-electron chi connectivity index (χ2n) is 23.3. The van der Waals surface area contributed by atoms with Gasteiger partial charge in [-0.3, -0.25) is 0 Å². The first-order chi connectivity index (χ1) is 42.6. The van der Waals surface area contributed by atoms with E-state index in [2.05, 4.69) is 19.6 Å². The Balaban J connectivity index is 0.000000330. The minimum Gasteiger partial charge on any atom is -0.497 e.